The fourth-order valence-corrected chi connectivity index (χ4v) is 8.50. The van der Waals surface area contributed by atoms with Gasteiger partial charge < -0.3 is 5.11 Å². The normalized spacial score (nSPS) is 50.6. The summed E-state index contributed by atoms with van der Waals surface area (Å²) in [5.41, 5.74) is 1.21. The molecule has 4 fully saturated rings. The highest BCUT2D eigenvalue weighted by molar-refractivity contribution is 5.29. The molecule has 0 unspecified atom stereocenters. The molecule has 1 nitrogen and oxygen atoms in total. The quantitative estimate of drug-likeness (QED) is 0.628. The Hall–Kier alpha value is -0.820. The van der Waals surface area contributed by atoms with E-state index in [1.807, 2.05) is 0 Å². The van der Waals surface area contributed by atoms with E-state index in [0.29, 0.717) is 11.3 Å². The molecule has 1 heteroatoms. The number of hydrogen-bond acceptors (Lipinski definition) is 1. The molecule has 0 heterocycles. The first-order chi connectivity index (χ1) is 12.5. The van der Waals surface area contributed by atoms with E-state index < -0.39 is 5.60 Å². The Labute approximate surface area is 159 Å². The van der Waals surface area contributed by atoms with E-state index in [1.54, 1.807) is 0 Å². The predicted molar refractivity (Wildman–Crippen MR) is 107 cm³/mol. The smallest absolute Gasteiger partial charge is 0.0952 e. The van der Waals surface area contributed by atoms with Gasteiger partial charge in [0, 0.05) is 5.41 Å². The van der Waals surface area contributed by atoms with E-state index in [0.717, 1.165) is 24.2 Å². The van der Waals surface area contributed by atoms with Gasteiger partial charge in [0.25, 0.3) is 0 Å². The lowest BCUT2D eigenvalue weighted by Gasteiger charge is -2.61. The molecule has 0 saturated heterocycles. The van der Waals surface area contributed by atoms with Crippen LogP contribution in [-0.2, 0) is 5.60 Å². The van der Waals surface area contributed by atoms with Crippen molar-refractivity contribution in [1.82, 2.24) is 0 Å². The number of aliphatic hydroxyl groups is 1. The van der Waals surface area contributed by atoms with E-state index in [4.69, 9.17) is 0 Å². The van der Waals surface area contributed by atoms with Gasteiger partial charge in [0.05, 0.1) is 5.60 Å². The maximum absolute atomic E-state index is 11.9. The number of fused-ring (bicyclic) bond motifs is 5. The van der Waals surface area contributed by atoms with Gasteiger partial charge in [-0.3, -0.25) is 0 Å². The van der Waals surface area contributed by atoms with Crippen LogP contribution in [0.25, 0.3) is 0 Å². The van der Waals surface area contributed by atoms with Crippen molar-refractivity contribution < 1.29 is 5.11 Å². The number of hydrogen-bond donors (Lipinski definition) is 1. The summed E-state index contributed by atoms with van der Waals surface area (Å²) in [7, 11) is 0. The summed E-state index contributed by atoms with van der Waals surface area (Å²) in [6.07, 6.45) is 13.5. The lowest BCUT2D eigenvalue weighted by Crippen LogP contribution is -2.55. The van der Waals surface area contributed by atoms with Gasteiger partial charge in [-0.05, 0) is 86.0 Å². The summed E-state index contributed by atoms with van der Waals surface area (Å²) in [5.74, 6) is 3.46. The van der Waals surface area contributed by atoms with Gasteiger partial charge in [0.1, 0.15) is 0 Å². The summed E-state index contributed by atoms with van der Waals surface area (Å²) in [5, 5.41) is 11.9. The molecule has 1 aromatic carbocycles. The van der Waals surface area contributed by atoms with Crippen LogP contribution in [0.2, 0.25) is 0 Å². The highest BCUT2D eigenvalue weighted by Crippen LogP contribution is 2.69. The van der Waals surface area contributed by atoms with E-state index in [1.165, 1.54) is 63.4 Å². The van der Waals surface area contributed by atoms with E-state index in [2.05, 4.69) is 44.2 Å². The fraction of sp³-hybridized carbons (Fsp3) is 0.760. The summed E-state index contributed by atoms with van der Waals surface area (Å²) in [6.45, 7) is 5.08. The molecular weight excluding hydrogens is 316 g/mol. The van der Waals surface area contributed by atoms with Gasteiger partial charge in [-0.2, -0.15) is 0 Å². The SMILES string of the molecule is C[C@@]12CCCC[C@H]1CC[C@H]1[C@H]3CC[C@](O)(c4ccccc4)[C@]3(C)CC[C@@H]12. The van der Waals surface area contributed by atoms with Crippen molar-refractivity contribution in [1.29, 1.82) is 0 Å². The van der Waals surface area contributed by atoms with Crippen molar-refractivity contribution in [3.05, 3.63) is 35.9 Å². The van der Waals surface area contributed by atoms with Crippen LogP contribution in [0.5, 0.6) is 0 Å². The molecule has 0 bridgehead atoms. The molecule has 1 aromatic rings. The monoisotopic (exact) mass is 352 g/mol. The van der Waals surface area contributed by atoms with Crippen LogP contribution in [0.4, 0.5) is 0 Å². The van der Waals surface area contributed by atoms with Crippen LogP contribution in [0.3, 0.4) is 0 Å². The van der Waals surface area contributed by atoms with Gasteiger partial charge >= 0.3 is 0 Å². The Morgan fingerprint density at radius 2 is 1.58 bits per heavy atom. The number of rotatable bonds is 1. The molecule has 4 aliphatic rings. The molecule has 0 spiro atoms. The van der Waals surface area contributed by atoms with Crippen LogP contribution < -0.4 is 0 Å². The van der Waals surface area contributed by atoms with Crippen molar-refractivity contribution in [2.75, 3.05) is 0 Å². The highest BCUT2D eigenvalue weighted by Gasteiger charge is 2.64. The Bertz CT molecular complexity index is 668. The van der Waals surface area contributed by atoms with Gasteiger partial charge in [0.2, 0.25) is 0 Å². The molecule has 7 atom stereocenters. The minimum atomic E-state index is -0.617. The van der Waals surface area contributed by atoms with Crippen molar-refractivity contribution in [3.8, 4) is 0 Å². The van der Waals surface area contributed by atoms with Crippen LogP contribution in [0, 0.1) is 34.5 Å². The third kappa shape index (κ3) is 2.13. The predicted octanol–water partition coefficient (Wildman–Crippen LogP) is 6.31. The summed E-state index contributed by atoms with van der Waals surface area (Å²) < 4.78 is 0. The molecule has 4 saturated carbocycles. The second kappa shape index (κ2) is 5.84. The molecule has 4 aliphatic carbocycles. The Morgan fingerprint density at radius 3 is 2.38 bits per heavy atom. The largest absolute Gasteiger partial charge is 0.385 e. The third-order valence-corrected chi connectivity index (χ3v) is 9.99. The molecule has 0 radical (unpaired) electrons. The van der Waals surface area contributed by atoms with Crippen LogP contribution in [0.15, 0.2) is 30.3 Å². The number of benzene rings is 1. The van der Waals surface area contributed by atoms with E-state index >= 15 is 0 Å². The Kier molecular flexibility index (Phi) is 3.88. The maximum Gasteiger partial charge on any atom is 0.0952 e. The van der Waals surface area contributed by atoms with Gasteiger partial charge in [-0.1, -0.05) is 57.0 Å². The molecule has 26 heavy (non-hydrogen) atoms. The zero-order chi connectivity index (χ0) is 18.0. The molecule has 0 aromatic heterocycles. The van der Waals surface area contributed by atoms with Crippen LogP contribution in [0.1, 0.15) is 83.6 Å². The highest BCUT2D eigenvalue weighted by atomic mass is 16.3. The second-order valence-electron chi connectivity index (χ2n) is 10.6. The van der Waals surface area contributed by atoms with Gasteiger partial charge in [0.15, 0.2) is 0 Å². The summed E-state index contributed by atoms with van der Waals surface area (Å²) in [6, 6.07) is 10.6. The van der Waals surface area contributed by atoms with E-state index in [9.17, 15) is 5.11 Å². The molecule has 142 valence electrons. The second-order valence-corrected chi connectivity index (χ2v) is 10.6. The molecular formula is C25H36O. The Morgan fingerprint density at radius 1 is 0.808 bits per heavy atom. The fourth-order valence-electron chi connectivity index (χ4n) is 8.50. The van der Waals surface area contributed by atoms with Crippen LogP contribution in [-0.4, -0.2) is 5.11 Å². The van der Waals surface area contributed by atoms with Crippen molar-refractivity contribution in [2.45, 2.75) is 83.7 Å². The van der Waals surface area contributed by atoms with Crippen molar-refractivity contribution >= 4 is 0 Å². The van der Waals surface area contributed by atoms with Crippen molar-refractivity contribution in [3.63, 3.8) is 0 Å². The average Bonchev–Trinajstić information content (AvgIpc) is 2.94. The molecule has 1 N–H and O–H groups in total. The molecule has 0 amide bonds. The maximum atomic E-state index is 11.9. The first kappa shape index (κ1) is 17.3. The lowest BCUT2D eigenvalue weighted by atomic mass is 9.44. The first-order valence-corrected chi connectivity index (χ1v) is 11.3. The zero-order valence-corrected chi connectivity index (χ0v) is 16.7. The summed E-state index contributed by atoms with van der Waals surface area (Å²) >= 11 is 0. The Balaban J connectivity index is 1.49. The van der Waals surface area contributed by atoms with Crippen LogP contribution >= 0.6 is 0 Å². The average molecular weight is 353 g/mol. The summed E-state index contributed by atoms with van der Waals surface area (Å²) in [4.78, 5) is 0. The van der Waals surface area contributed by atoms with E-state index in [-0.39, 0.29) is 5.41 Å². The van der Waals surface area contributed by atoms with Gasteiger partial charge in [-0.25, -0.2) is 0 Å². The topological polar surface area (TPSA) is 20.2 Å². The minimum Gasteiger partial charge on any atom is -0.385 e. The standard InChI is InChI=1S/C25H36O/c1-23-15-7-6-8-18(23)11-12-20-21(23)13-16-24(2)22(20)14-17-25(24,26)19-9-4-3-5-10-19/h3-5,9-10,18,20-22,26H,6-8,11-17H2,1-2H3/t18-,20+,21-,22+,23+,24+,25-/m0/s1. The first-order valence-electron chi connectivity index (χ1n) is 11.3. The van der Waals surface area contributed by atoms with Gasteiger partial charge in [-0.15, -0.1) is 0 Å². The molecule has 5 rings (SSSR count). The lowest BCUT2D eigenvalue weighted by molar-refractivity contribution is -0.154. The third-order valence-electron chi connectivity index (χ3n) is 9.99. The minimum absolute atomic E-state index is 0.0629. The zero-order valence-electron chi connectivity index (χ0n) is 16.7. The van der Waals surface area contributed by atoms with Crippen molar-refractivity contribution in [2.24, 2.45) is 34.5 Å². The molecule has 0 aliphatic heterocycles.